The second-order valence-electron chi connectivity index (χ2n) is 6.15. The summed E-state index contributed by atoms with van der Waals surface area (Å²) < 4.78 is 0. The minimum Gasteiger partial charge on any atom is -0.387 e. The number of allylic oxidation sites excluding steroid dienone is 1. The van der Waals surface area contributed by atoms with E-state index in [1.54, 1.807) is 0 Å². The summed E-state index contributed by atoms with van der Waals surface area (Å²) in [6, 6.07) is 11.8. The first-order chi connectivity index (χ1) is 11.4. The van der Waals surface area contributed by atoms with Crippen molar-refractivity contribution >= 4 is 46.2 Å². The number of halogens is 3. The summed E-state index contributed by atoms with van der Waals surface area (Å²) in [4.78, 5) is 0. The average Bonchev–Trinajstić information content (AvgIpc) is 3.19. The molecule has 126 valence electrons. The predicted molar refractivity (Wildman–Crippen MR) is 106 cm³/mol. The molecule has 0 spiro atoms. The van der Waals surface area contributed by atoms with Gasteiger partial charge in [0, 0.05) is 35.3 Å². The Bertz CT molecular complexity index is 768. The van der Waals surface area contributed by atoms with Crippen LogP contribution in [0.15, 0.2) is 48.7 Å². The fourth-order valence-corrected chi connectivity index (χ4v) is 4.13. The Morgan fingerprint density at radius 3 is 2.54 bits per heavy atom. The Kier molecular flexibility index (Phi) is 5.00. The van der Waals surface area contributed by atoms with Crippen LogP contribution in [-0.4, -0.2) is 12.4 Å². The second kappa shape index (κ2) is 6.87. The van der Waals surface area contributed by atoms with Gasteiger partial charge in [0.15, 0.2) is 0 Å². The topological polar surface area (TPSA) is 24.1 Å². The Morgan fingerprint density at radius 1 is 1.12 bits per heavy atom. The van der Waals surface area contributed by atoms with Crippen LogP contribution in [0.25, 0.3) is 0 Å². The van der Waals surface area contributed by atoms with E-state index in [1.165, 1.54) is 5.56 Å². The zero-order chi connectivity index (χ0) is 17.4. The highest BCUT2D eigenvalue weighted by Crippen LogP contribution is 2.55. The molecule has 5 heteroatoms. The van der Waals surface area contributed by atoms with Crippen LogP contribution < -0.4 is 10.6 Å². The van der Waals surface area contributed by atoms with Crippen LogP contribution in [0.3, 0.4) is 0 Å². The molecule has 2 aromatic carbocycles. The van der Waals surface area contributed by atoms with Gasteiger partial charge in [-0.15, -0.1) is 11.6 Å². The van der Waals surface area contributed by atoms with Crippen molar-refractivity contribution in [2.24, 2.45) is 5.92 Å². The fraction of sp³-hybridized carbons (Fsp3) is 0.263. The summed E-state index contributed by atoms with van der Waals surface area (Å²) in [6.45, 7) is 6.22. The van der Waals surface area contributed by atoms with Gasteiger partial charge in [-0.1, -0.05) is 35.8 Å². The SMILES string of the molecule is C=C(Nc1ccc(Cl)c(NC)c1)C1C(Cl)C1c1cc(C)cc(Cl)c1. The van der Waals surface area contributed by atoms with Gasteiger partial charge in [-0.05, 0) is 48.4 Å². The molecule has 0 amide bonds. The third kappa shape index (κ3) is 3.51. The fourth-order valence-electron chi connectivity index (χ4n) is 3.09. The minimum absolute atomic E-state index is 0.0268. The van der Waals surface area contributed by atoms with Gasteiger partial charge < -0.3 is 10.6 Å². The first kappa shape index (κ1) is 17.5. The van der Waals surface area contributed by atoms with E-state index in [2.05, 4.69) is 23.3 Å². The van der Waals surface area contributed by atoms with Gasteiger partial charge in [0.1, 0.15) is 0 Å². The highest BCUT2D eigenvalue weighted by molar-refractivity contribution is 6.33. The van der Waals surface area contributed by atoms with Crippen LogP contribution in [0.1, 0.15) is 17.0 Å². The van der Waals surface area contributed by atoms with Crippen LogP contribution in [0.5, 0.6) is 0 Å². The Balaban J connectivity index is 1.74. The number of benzene rings is 2. The molecular weight excluding hydrogens is 363 g/mol. The second-order valence-corrected chi connectivity index (χ2v) is 7.50. The number of anilines is 2. The first-order valence-electron chi connectivity index (χ1n) is 7.75. The maximum atomic E-state index is 6.52. The van der Waals surface area contributed by atoms with E-state index in [4.69, 9.17) is 34.8 Å². The highest BCUT2D eigenvalue weighted by atomic mass is 35.5. The van der Waals surface area contributed by atoms with Gasteiger partial charge in [0.25, 0.3) is 0 Å². The summed E-state index contributed by atoms with van der Waals surface area (Å²) in [7, 11) is 1.84. The third-order valence-corrected chi connectivity index (χ3v) is 5.42. The monoisotopic (exact) mass is 380 g/mol. The zero-order valence-corrected chi connectivity index (χ0v) is 15.8. The van der Waals surface area contributed by atoms with Crippen molar-refractivity contribution in [3.8, 4) is 0 Å². The lowest BCUT2D eigenvalue weighted by Gasteiger charge is -2.12. The Hall–Kier alpha value is -1.35. The molecule has 2 N–H and O–H groups in total. The molecule has 0 bridgehead atoms. The average molecular weight is 382 g/mol. The van der Waals surface area contributed by atoms with Crippen LogP contribution in [0, 0.1) is 12.8 Å². The molecule has 3 atom stereocenters. The van der Waals surface area contributed by atoms with E-state index in [9.17, 15) is 0 Å². The molecular formula is C19H19Cl3N2. The van der Waals surface area contributed by atoms with Crippen molar-refractivity contribution in [1.29, 1.82) is 0 Å². The van der Waals surface area contributed by atoms with Crippen LogP contribution in [0.2, 0.25) is 10.0 Å². The van der Waals surface area contributed by atoms with Crippen molar-refractivity contribution in [2.75, 3.05) is 17.7 Å². The maximum Gasteiger partial charge on any atom is 0.0638 e. The number of rotatable bonds is 5. The van der Waals surface area contributed by atoms with Crippen molar-refractivity contribution < 1.29 is 0 Å². The van der Waals surface area contributed by atoms with Gasteiger partial charge in [-0.3, -0.25) is 0 Å². The molecule has 3 unspecified atom stereocenters. The smallest absolute Gasteiger partial charge is 0.0638 e. The Morgan fingerprint density at radius 2 is 1.88 bits per heavy atom. The van der Waals surface area contributed by atoms with Crippen molar-refractivity contribution in [3.63, 3.8) is 0 Å². The highest BCUT2D eigenvalue weighted by Gasteiger charge is 2.51. The molecule has 0 saturated heterocycles. The number of aryl methyl sites for hydroxylation is 1. The largest absolute Gasteiger partial charge is 0.387 e. The van der Waals surface area contributed by atoms with E-state index in [1.807, 2.05) is 44.3 Å². The van der Waals surface area contributed by atoms with E-state index in [0.717, 1.165) is 27.7 Å². The molecule has 24 heavy (non-hydrogen) atoms. The Labute approximate surface area is 157 Å². The number of alkyl halides is 1. The van der Waals surface area contributed by atoms with Crippen molar-refractivity contribution in [2.45, 2.75) is 18.2 Å². The molecule has 3 rings (SSSR count). The molecule has 0 heterocycles. The lowest BCUT2D eigenvalue weighted by Crippen LogP contribution is -2.03. The van der Waals surface area contributed by atoms with E-state index in [0.29, 0.717) is 5.02 Å². The predicted octanol–water partition coefficient (Wildman–Crippen LogP) is 6.29. The maximum absolute atomic E-state index is 6.52. The van der Waals surface area contributed by atoms with Crippen molar-refractivity contribution in [3.05, 3.63) is 69.8 Å². The number of hydrogen-bond donors (Lipinski definition) is 2. The summed E-state index contributed by atoms with van der Waals surface area (Å²) in [5.41, 5.74) is 5.02. The normalized spacial score (nSPS) is 22.1. The quantitative estimate of drug-likeness (QED) is 0.595. The molecule has 1 aliphatic carbocycles. The molecule has 0 radical (unpaired) electrons. The number of nitrogens with one attached hydrogen (secondary N) is 2. The van der Waals surface area contributed by atoms with Gasteiger partial charge in [0.05, 0.1) is 16.1 Å². The van der Waals surface area contributed by atoms with Crippen LogP contribution >= 0.6 is 34.8 Å². The molecule has 2 aromatic rings. The van der Waals surface area contributed by atoms with Gasteiger partial charge >= 0.3 is 0 Å². The van der Waals surface area contributed by atoms with E-state index >= 15 is 0 Å². The minimum atomic E-state index is 0.0268. The van der Waals surface area contributed by atoms with Gasteiger partial charge in [-0.25, -0.2) is 0 Å². The molecule has 1 saturated carbocycles. The van der Waals surface area contributed by atoms with E-state index < -0.39 is 0 Å². The lowest BCUT2D eigenvalue weighted by atomic mass is 10.1. The first-order valence-corrected chi connectivity index (χ1v) is 8.94. The van der Waals surface area contributed by atoms with Gasteiger partial charge in [-0.2, -0.15) is 0 Å². The van der Waals surface area contributed by atoms with Crippen LogP contribution in [0.4, 0.5) is 11.4 Å². The third-order valence-electron chi connectivity index (χ3n) is 4.32. The zero-order valence-electron chi connectivity index (χ0n) is 13.5. The standard InChI is InChI=1S/C19H19Cl3N2/c1-10-6-12(8-13(20)7-10)18-17(19(18)22)11(2)24-14-4-5-15(21)16(9-14)23-3/h4-9,17-19,23-24H,2H2,1,3H3. The summed E-state index contributed by atoms with van der Waals surface area (Å²) in [6.07, 6.45) is 0. The molecule has 1 aliphatic rings. The summed E-state index contributed by atoms with van der Waals surface area (Å²) >= 11 is 18.8. The van der Waals surface area contributed by atoms with Gasteiger partial charge in [0.2, 0.25) is 0 Å². The lowest BCUT2D eigenvalue weighted by molar-refractivity contribution is 0.948. The molecule has 2 nitrogen and oxygen atoms in total. The van der Waals surface area contributed by atoms with Crippen LogP contribution in [-0.2, 0) is 0 Å². The number of hydrogen-bond acceptors (Lipinski definition) is 2. The summed E-state index contributed by atoms with van der Waals surface area (Å²) in [5.74, 6) is 0.415. The van der Waals surface area contributed by atoms with E-state index in [-0.39, 0.29) is 17.2 Å². The molecule has 0 aromatic heterocycles. The molecule has 1 fully saturated rings. The molecule has 0 aliphatic heterocycles. The summed E-state index contributed by atoms with van der Waals surface area (Å²) in [5, 5.41) is 7.88. The van der Waals surface area contributed by atoms with Crippen molar-refractivity contribution in [1.82, 2.24) is 0 Å².